The molecule has 1 aliphatic rings. The zero-order chi connectivity index (χ0) is 21.2. The van der Waals surface area contributed by atoms with Crippen molar-refractivity contribution < 1.29 is 44.8 Å². The summed E-state index contributed by atoms with van der Waals surface area (Å²) in [5, 5.41) is 2.42. The Kier molecular flexibility index (Phi) is 8.39. The van der Waals surface area contributed by atoms with Crippen LogP contribution >= 0.6 is 0 Å². The van der Waals surface area contributed by atoms with Gasteiger partial charge in [0.2, 0.25) is 0 Å². The van der Waals surface area contributed by atoms with Gasteiger partial charge in [-0.3, -0.25) is 12.3 Å². The number of aromatic nitrogens is 3. The van der Waals surface area contributed by atoms with Gasteiger partial charge >= 0.3 is 22.4 Å². The van der Waals surface area contributed by atoms with Crippen LogP contribution in [0, 0.1) is 18.7 Å². The third kappa shape index (κ3) is 5.02. The van der Waals surface area contributed by atoms with Crippen LogP contribution in [0.25, 0.3) is 32.8 Å². The fourth-order valence-electron chi connectivity index (χ4n) is 3.95. The molecule has 2 aromatic heterocycles. The van der Waals surface area contributed by atoms with Gasteiger partial charge in [-0.1, -0.05) is 47.4 Å². The summed E-state index contributed by atoms with van der Waals surface area (Å²) in [4.78, 5) is 10.3. The molecule has 33 heavy (non-hydrogen) atoms. The maximum absolute atomic E-state index is 7.18. The second kappa shape index (κ2) is 11.0. The number of hydrogen-bond acceptors (Lipinski definition) is 3. The number of rotatable bonds is 2. The molecular formula is C26H20Au2N5-2. The molecular weight excluding hydrogens is 776 g/mol. The Labute approximate surface area is 224 Å². The van der Waals surface area contributed by atoms with E-state index in [1.165, 1.54) is 21.8 Å². The van der Waals surface area contributed by atoms with E-state index < -0.39 is 0 Å². The monoisotopic (exact) mass is 796 g/mol. The summed E-state index contributed by atoms with van der Waals surface area (Å²) in [5.74, 6) is 2.43. The molecule has 0 atom stereocenters. The molecule has 1 radical (unpaired) electrons. The third-order valence-electron chi connectivity index (χ3n) is 5.53. The van der Waals surface area contributed by atoms with Crippen LogP contribution in [0.1, 0.15) is 5.56 Å². The van der Waals surface area contributed by atoms with E-state index in [-0.39, 0.29) is 44.8 Å². The summed E-state index contributed by atoms with van der Waals surface area (Å²) in [6, 6.07) is 22.3. The zero-order valence-electron chi connectivity index (χ0n) is 17.8. The van der Waals surface area contributed by atoms with E-state index in [9.17, 15) is 0 Å². The summed E-state index contributed by atoms with van der Waals surface area (Å²) in [6.07, 6.45) is 13.1. The van der Waals surface area contributed by atoms with Crippen LogP contribution in [0.2, 0.25) is 0 Å². The summed E-state index contributed by atoms with van der Waals surface area (Å²) >= 11 is 0. The van der Waals surface area contributed by atoms with Crippen molar-refractivity contribution in [1.82, 2.24) is 19.0 Å². The van der Waals surface area contributed by atoms with Gasteiger partial charge in [0.15, 0.2) is 0 Å². The first-order valence-electron chi connectivity index (χ1n) is 10.1. The van der Waals surface area contributed by atoms with Crippen LogP contribution in [-0.4, -0.2) is 38.4 Å². The molecule has 1 aliphatic heterocycles. The second-order valence-corrected chi connectivity index (χ2v) is 7.45. The van der Waals surface area contributed by atoms with Gasteiger partial charge in [0.25, 0.3) is 0 Å². The van der Waals surface area contributed by atoms with Crippen LogP contribution in [0.3, 0.4) is 0 Å². The van der Waals surface area contributed by atoms with Crippen molar-refractivity contribution in [2.75, 3.05) is 13.1 Å². The molecule has 7 heteroatoms. The van der Waals surface area contributed by atoms with E-state index >= 15 is 0 Å². The minimum Gasteiger partial charge on any atom is -0.521 e. The van der Waals surface area contributed by atoms with Gasteiger partial charge in [0.05, 0.1) is 0 Å². The van der Waals surface area contributed by atoms with Gasteiger partial charge in [0.1, 0.15) is 0 Å². The molecule has 5 aromatic rings. The fraction of sp³-hybridized carbons (Fsp3) is 0.154. The molecule has 3 aromatic carbocycles. The van der Waals surface area contributed by atoms with Crippen LogP contribution in [0.4, 0.5) is 0 Å². The number of aliphatic imine (C=N–C) groups is 1. The smallest absolute Gasteiger partial charge is 0.521 e. The Morgan fingerprint density at radius 2 is 1.70 bits per heavy atom. The largest absolute Gasteiger partial charge is 1.00 e. The Hall–Kier alpha value is -2.56. The molecule has 0 fully saturated rings. The third-order valence-corrected chi connectivity index (χ3v) is 5.53. The van der Waals surface area contributed by atoms with Gasteiger partial charge in [0, 0.05) is 71.9 Å². The van der Waals surface area contributed by atoms with Crippen molar-refractivity contribution in [3.8, 4) is 5.92 Å². The Balaban J connectivity index is 0.000000175. The predicted molar refractivity (Wildman–Crippen MR) is 124 cm³/mol. The standard InChI is InChI=1S/C15H10N.C11H10N4.2Au/c1-3-11-8-9-15-13(10-11)12-6-4-5-7-14(12)16(15)2;1-2-4-11-10(3-1)13-8-15(11)9-14-6-5-12-7-14;;/h4-10H,2H3;1-4H,5-6,9H2;;/q-1;-2;;+1. The number of fused-ring (bicyclic) bond motifs is 4. The first-order chi connectivity index (χ1) is 15.2. The molecule has 0 amide bonds. The predicted octanol–water partition coefficient (Wildman–Crippen LogP) is 4.28. The number of imidazole rings is 1. The van der Waals surface area contributed by atoms with Crippen LogP contribution < -0.4 is 0 Å². The molecule has 0 saturated carbocycles. The zero-order valence-corrected chi connectivity index (χ0v) is 22.1. The Bertz CT molecular complexity index is 1460. The first-order valence-corrected chi connectivity index (χ1v) is 10.1. The molecule has 0 N–H and O–H groups in total. The molecule has 0 unspecified atom stereocenters. The minimum absolute atomic E-state index is 0. The van der Waals surface area contributed by atoms with E-state index in [0.717, 1.165) is 36.4 Å². The number of nitrogens with zero attached hydrogens (tertiary/aromatic N) is 5. The quantitative estimate of drug-likeness (QED) is 0.152. The maximum atomic E-state index is 7.18. The minimum atomic E-state index is 0. The van der Waals surface area contributed by atoms with Crippen LogP contribution in [0.15, 0.2) is 71.7 Å². The van der Waals surface area contributed by atoms with Gasteiger partial charge in [-0.05, 0) is 11.5 Å². The van der Waals surface area contributed by atoms with E-state index in [0.29, 0.717) is 0 Å². The number of benzene rings is 3. The summed E-state index contributed by atoms with van der Waals surface area (Å²) in [7, 11) is 2.07. The molecule has 0 spiro atoms. The molecule has 0 aliphatic carbocycles. The Morgan fingerprint density at radius 1 is 0.970 bits per heavy atom. The van der Waals surface area contributed by atoms with Crippen molar-refractivity contribution in [2.24, 2.45) is 12.0 Å². The summed E-state index contributed by atoms with van der Waals surface area (Å²) < 4.78 is 4.17. The molecule has 3 heterocycles. The Morgan fingerprint density at radius 3 is 2.45 bits per heavy atom. The molecule has 173 valence electrons. The topological polar surface area (TPSA) is 38.4 Å². The first kappa shape index (κ1) is 25.1. The van der Waals surface area contributed by atoms with Gasteiger partial charge in [-0.15, -0.1) is 29.8 Å². The van der Waals surface area contributed by atoms with Crippen molar-refractivity contribution >= 4 is 39.2 Å². The summed E-state index contributed by atoms with van der Waals surface area (Å²) in [5.41, 5.74) is 5.32. The van der Waals surface area contributed by atoms with E-state index in [4.69, 9.17) is 6.42 Å². The average Bonchev–Trinajstić information content (AvgIpc) is 3.55. The normalized spacial score (nSPS) is 12.2. The van der Waals surface area contributed by atoms with Gasteiger partial charge in [-0.25, -0.2) is 0 Å². The average molecular weight is 796 g/mol. The summed E-state index contributed by atoms with van der Waals surface area (Å²) in [6.45, 7) is 2.50. The number of para-hydroxylation sites is 3. The van der Waals surface area contributed by atoms with E-state index in [2.05, 4.69) is 52.3 Å². The van der Waals surface area contributed by atoms with Crippen molar-refractivity contribution in [1.29, 1.82) is 0 Å². The molecule has 6 rings (SSSR count). The number of aryl methyl sites for hydroxylation is 1. The molecule has 0 bridgehead atoms. The molecule has 0 saturated heterocycles. The second-order valence-electron chi connectivity index (χ2n) is 7.45. The van der Waals surface area contributed by atoms with Crippen molar-refractivity contribution in [3.05, 3.63) is 85.0 Å². The van der Waals surface area contributed by atoms with Crippen LogP contribution in [-0.2, 0) is 58.5 Å². The SMILES string of the molecule is [Au+].[Au].[C-]#Cc1ccc2c(c1)c1ccccc1n2C.[C-]1=NCCN1Cn1[c-]nc2ccccc21. The van der Waals surface area contributed by atoms with Gasteiger partial charge < -0.3 is 30.4 Å². The van der Waals surface area contributed by atoms with E-state index in [1.807, 2.05) is 64.1 Å². The van der Waals surface area contributed by atoms with Crippen LogP contribution in [0.5, 0.6) is 0 Å². The van der Waals surface area contributed by atoms with E-state index in [1.54, 1.807) is 0 Å². The van der Waals surface area contributed by atoms with Crippen molar-refractivity contribution in [3.63, 3.8) is 0 Å². The fourth-order valence-corrected chi connectivity index (χ4v) is 3.95. The maximum Gasteiger partial charge on any atom is 1.00 e. The number of hydrogen-bond donors (Lipinski definition) is 0. The van der Waals surface area contributed by atoms with Crippen molar-refractivity contribution in [2.45, 2.75) is 6.67 Å². The van der Waals surface area contributed by atoms with Gasteiger partial charge in [-0.2, -0.15) is 0 Å². The molecule has 5 nitrogen and oxygen atoms in total.